The topological polar surface area (TPSA) is 64.9 Å². The number of hydrogen-bond acceptors (Lipinski definition) is 3. The fourth-order valence-corrected chi connectivity index (χ4v) is 2.16. The summed E-state index contributed by atoms with van der Waals surface area (Å²) >= 11 is 3.42. The van der Waals surface area contributed by atoms with Gasteiger partial charge in [-0.1, -0.05) is 41.9 Å². The van der Waals surface area contributed by atoms with E-state index in [-0.39, 0.29) is 24.5 Å². The monoisotopic (exact) mass is 337 g/mol. The first kappa shape index (κ1) is 16.7. The molecular formula is C15H20BrN3O. The standard InChI is InChI=1S/C15H20BrN3O/c1-11(2)15(3,12-4-6-13(16)7-5-12)19-10-14(20)18-9-8-17/h4-7,11,19H,9-10H2,1-3H3,(H,18,20)/t15-/m0/s1. The number of hydrogen-bond donors (Lipinski definition) is 2. The number of nitriles is 1. The Kier molecular flexibility index (Phi) is 6.18. The van der Waals surface area contributed by atoms with Gasteiger partial charge in [0.25, 0.3) is 0 Å². The zero-order chi connectivity index (χ0) is 15.2. The maximum Gasteiger partial charge on any atom is 0.234 e. The van der Waals surface area contributed by atoms with Crippen LogP contribution in [-0.2, 0) is 10.3 Å². The van der Waals surface area contributed by atoms with E-state index in [2.05, 4.69) is 47.3 Å². The fourth-order valence-electron chi connectivity index (χ4n) is 1.90. The average molecular weight is 338 g/mol. The largest absolute Gasteiger partial charge is 0.342 e. The van der Waals surface area contributed by atoms with E-state index in [1.165, 1.54) is 0 Å². The molecule has 1 amide bonds. The van der Waals surface area contributed by atoms with Crippen molar-refractivity contribution in [1.29, 1.82) is 5.26 Å². The minimum Gasteiger partial charge on any atom is -0.342 e. The van der Waals surface area contributed by atoms with Gasteiger partial charge in [0.05, 0.1) is 12.6 Å². The van der Waals surface area contributed by atoms with Gasteiger partial charge in [-0.05, 0) is 30.5 Å². The van der Waals surface area contributed by atoms with E-state index in [1.54, 1.807) is 0 Å². The lowest BCUT2D eigenvalue weighted by Crippen LogP contribution is -2.48. The van der Waals surface area contributed by atoms with Crippen LogP contribution in [0.3, 0.4) is 0 Å². The molecule has 4 nitrogen and oxygen atoms in total. The molecule has 0 saturated carbocycles. The Balaban J connectivity index is 2.80. The molecule has 1 aromatic carbocycles. The average Bonchev–Trinajstić information content (AvgIpc) is 2.43. The van der Waals surface area contributed by atoms with Crippen LogP contribution >= 0.6 is 15.9 Å². The van der Waals surface area contributed by atoms with Crippen molar-refractivity contribution >= 4 is 21.8 Å². The van der Waals surface area contributed by atoms with Crippen molar-refractivity contribution in [2.45, 2.75) is 26.3 Å². The highest BCUT2D eigenvalue weighted by atomic mass is 79.9. The zero-order valence-corrected chi connectivity index (χ0v) is 13.6. The second-order valence-electron chi connectivity index (χ2n) is 5.15. The third kappa shape index (κ3) is 4.32. The first-order chi connectivity index (χ1) is 9.40. The van der Waals surface area contributed by atoms with E-state index in [1.807, 2.05) is 30.3 Å². The van der Waals surface area contributed by atoms with Crippen LogP contribution in [0.2, 0.25) is 0 Å². The van der Waals surface area contributed by atoms with Crippen LogP contribution in [0.5, 0.6) is 0 Å². The van der Waals surface area contributed by atoms with Gasteiger partial charge in [-0.2, -0.15) is 5.26 Å². The van der Waals surface area contributed by atoms with Gasteiger partial charge in [0.2, 0.25) is 5.91 Å². The van der Waals surface area contributed by atoms with Crippen LogP contribution < -0.4 is 10.6 Å². The number of amides is 1. The van der Waals surface area contributed by atoms with Crippen molar-refractivity contribution in [3.8, 4) is 6.07 Å². The highest BCUT2D eigenvalue weighted by molar-refractivity contribution is 9.10. The van der Waals surface area contributed by atoms with Crippen LogP contribution in [0.15, 0.2) is 28.7 Å². The summed E-state index contributed by atoms with van der Waals surface area (Å²) in [4.78, 5) is 11.6. The molecule has 0 unspecified atom stereocenters. The molecule has 0 fully saturated rings. The van der Waals surface area contributed by atoms with Crippen molar-refractivity contribution in [1.82, 2.24) is 10.6 Å². The molecule has 0 bridgehead atoms. The Bertz CT molecular complexity index is 493. The fraction of sp³-hybridized carbons (Fsp3) is 0.467. The maximum atomic E-state index is 11.6. The highest BCUT2D eigenvalue weighted by Crippen LogP contribution is 2.29. The smallest absolute Gasteiger partial charge is 0.234 e. The van der Waals surface area contributed by atoms with E-state index in [9.17, 15) is 4.79 Å². The number of carbonyl (C=O) groups excluding carboxylic acids is 1. The van der Waals surface area contributed by atoms with Gasteiger partial charge < -0.3 is 5.32 Å². The van der Waals surface area contributed by atoms with Crippen LogP contribution in [0.1, 0.15) is 26.3 Å². The summed E-state index contributed by atoms with van der Waals surface area (Å²) in [5.74, 6) is 0.142. The molecule has 20 heavy (non-hydrogen) atoms. The van der Waals surface area contributed by atoms with Gasteiger partial charge in [0.15, 0.2) is 0 Å². The molecule has 2 N–H and O–H groups in total. The van der Waals surface area contributed by atoms with Gasteiger partial charge in [0, 0.05) is 10.0 Å². The third-order valence-corrected chi connectivity index (χ3v) is 4.11. The molecule has 0 heterocycles. The van der Waals surface area contributed by atoms with Crippen molar-refractivity contribution in [2.75, 3.05) is 13.1 Å². The molecule has 0 aliphatic heterocycles. The molecule has 1 aromatic rings. The van der Waals surface area contributed by atoms with Crippen LogP contribution in [0, 0.1) is 17.2 Å². The quantitative estimate of drug-likeness (QED) is 0.784. The molecule has 0 aliphatic rings. The van der Waals surface area contributed by atoms with Crippen LogP contribution in [-0.4, -0.2) is 19.0 Å². The Morgan fingerprint density at radius 2 is 2.00 bits per heavy atom. The lowest BCUT2D eigenvalue weighted by Gasteiger charge is -2.35. The number of halogens is 1. The van der Waals surface area contributed by atoms with Crippen LogP contribution in [0.4, 0.5) is 0 Å². The van der Waals surface area contributed by atoms with E-state index >= 15 is 0 Å². The zero-order valence-electron chi connectivity index (χ0n) is 12.0. The lowest BCUT2D eigenvalue weighted by molar-refractivity contribution is -0.120. The summed E-state index contributed by atoms with van der Waals surface area (Å²) in [6.07, 6.45) is 0. The predicted molar refractivity (Wildman–Crippen MR) is 83.0 cm³/mol. The second-order valence-corrected chi connectivity index (χ2v) is 6.07. The molecule has 1 atom stereocenters. The number of nitrogens with one attached hydrogen (secondary N) is 2. The maximum absolute atomic E-state index is 11.6. The normalized spacial score (nSPS) is 13.6. The molecule has 5 heteroatoms. The minimum absolute atomic E-state index is 0.0389. The van der Waals surface area contributed by atoms with Gasteiger partial charge in [-0.25, -0.2) is 0 Å². The summed E-state index contributed by atoms with van der Waals surface area (Å²) in [6, 6.07) is 9.97. The molecule has 0 aromatic heterocycles. The first-order valence-electron chi connectivity index (χ1n) is 6.55. The van der Waals surface area contributed by atoms with Crippen LogP contribution in [0.25, 0.3) is 0 Å². The summed E-state index contributed by atoms with van der Waals surface area (Å²) in [7, 11) is 0. The number of carbonyl (C=O) groups is 1. The van der Waals surface area contributed by atoms with E-state index < -0.39 is 0 Å². The Hall–Kier alpha value is -1.38. The second kappa shape index (κ2) is 7.41. The summed E-state index contributed by atoms with van der Waals surface area (Å²) in [5.41, 5.74) is 0.828. The number of nitrogens with zero attached hydrogens (tertiary/aromatic N) is 1. The summed E-state index contributed by atoms with van der Waals surface area (Å²) in [6.45, 7) is 6.53. The van der Waals surface area contributed by atoms with E-state index in [0.717, 1.165) is 10.0 Å². The summed E-state index contributed by atoms with van der Waals surface area (Å²) < 4.78 is 1.03. The van der Waals surface area contributed by atoms with Gasteiger partial charge >= 0.3 is 0 Å². The van der Waals surface area contributed by atoms with E-state index in [0.29, 0.717) is 5.92 Å². The van der Waals surface area contributed by atoms with Gasteiger partial charge in [-0.3, -0.25) is 10.1 Å². The van der Waals surface area contributed by atoms with Gasteiger partial charge in [-0.15, -0.1) is 0 Å². The van der Waals surface area contributed by atoms with Crippen molar-refractivity contribution < 1.29 is 4.79 Å². The Morgan fingerprint density at radius 1 is 1.40 bits per heavy atom. The number of benzene rings is 1. The summed E-state index contributed by atoms with van der Waals surface area (Å²) in [5, 5.41) is 14.3. The molecule has 0 radical (unpaired) electrons. The van der Waals surface area contributed by atoms with Crippen molar-refractivity contribution in [3.05, 3.63) is 34.3 Å². The Morgan fingerprint density at radius 3 is 2.50 bits per heavy atom. The molecule has 0 aliphatic carbocycles. The lowest BCUT2D eigenvalue weighted by atomic mass is 9.81. The first-order valence-corrected chi connectivity index (χ1v) is 7.34. The van der Waals surface area contributed by atoms with E-state index in [4.69, 9.17) is 5.26 Å². The molecule has 1 rings (SSSR count). The Labute approximate surface area is 128 Å². The SMILES string of the molecule is CC(C)[C@](C)(NCC(=O)NCC#N)c1ccc(Br)cc1. The molecule has 0 spiro atoms. The minimum atomic E-state index is -0.301. The van der Waals surface area contributed by atoms with Crippen molar-refractivity contribution in [2.24, 2.45) is 5.92 Å². The highest BCUT2D eigenvalue weighted by Gasteiger charge is 2.30. The predicted octanol–water partition coefficient (Wildman–Crippen LogP) is 2.55. The van der Waals surface area contributed by atoms with Gasteiger partial charge in [0.1, 0.15) is 6.54 Å². The molecule has 0 saturated heterocycles. The third-order valence-electron chi connectivity index (χ3n) is 3.58. The molecular weight excluding hydrogens is 318 g/mol. The number of rotatable bonds is 6. The van der Waals surface area contributed by atoms with Crippen molar-refractivity contribution in [3.63, 3.8) is 0 Å². The molecule has 108 valence electrons.